The molecular weight excluding hydrogens is 410 g/mol. The van der Waals surface area contributed by atoms with Crippen molar-refractivity contribution in [3.8, 4) is 0 Å². The van der Waals surface area contributed by atoms with Gasteiger partial charge >= 0.3 is 6.18 Å². The molecule has 10 heteroatoms. The minimum absolute atomic E-state index is 0.00322. The standard InChI is InChI=1S/C19H13F4N3O2S/c20-14-6-2-4-12(8-14)16(27)26-18-25-15(10-29-18)17(28)24-9-11-3-1-5-13(7-11)19(21,22)23/h1-8,10H,9H2,(H,24,28)(H,25,26,27). The molecule has 0 saturated heterocycles. The Morgan fingerprint density at radius 2 is 1.79 bits per heavy atom. The first-order chi connectivity index (χ1) is 13.7. The van der Waals surface area contributed by atoms with Gasteiger partial charge in [-0.2, -0.15) is 13.2 Å². The van der Waals surface area contributed by atoms with Crippen LogP contribution in [0.3, 0.4) is 0 Å². The Kier molecular flexibility index (Phi) is 5.92. The Bertz CT molecular complexity index is 1050. The number of hydrogen-bond donors (Lipinski definition) is 2. The van der Waals surface area contributed by atoms with E-state index < -0.39 is 29.4 Å². The quantitative estimate of drug-likeness (QED) is 0.595. The Labute approximate surface area is 166 Å². The highest BCUT2D eigenvalue weighted by Crippen LogP contribution is 2.29. The lowest BCUT2D eigenvalue weighted by Crippen LogP contribution is -2.23. The van der Waals surface area contributed by atoms with Crippen LogP contribution in [0.15, 0.2) is 53.9 Å². The minimum atomic E-state index is -4.47. The van der Waals surface area contributed by atoms with Crippen molar-refractivity contribution in [1.82, 2.24) is 10.3 Å². The molecule has 0 unspecified atom stereocenters. The topological polar surface area (TPSA) is 71.1 Å². The number of alkyl halides is 3. The molecule has 0 spiro atoms. The van der Waals surface area contributed by atoms with Gasteiger partial charge in [0, 0.05) is 17.5 Å². The van der Waals surface area contributed by atoms with Crippen molar-refractivity contribution < 1.29 is 27.2 Å². The lowest BCUT2D eigenvalue weighted by Gasteiger charge is -2.09. The molecule has 2 aromatic carbocycles. The van der Waals surface area contributed by atoms with Crippen LogP contribution < -0.4 is 10.6 Å². The molecule has 0 bridgehead atoms. The Morgan fingerprint density at radius 3 is 2.52 bits per heavy atom. The molecule has 1 aromatic heterocycles. The molecular formula is C19H13F4N3O2S. The number of carbonyl (C=O) groups is 2. The van der Waals surface area contributed by atoms with E-state index in [9.17, 15) is 27.2 Å². The van der Waals surface area contributed by atoms with Crippen LogP contribution in [0.25, 0.3) is 0 Å². The summed E-state index contributed by atoms with van der Waals surface area (Å²) in [5.74, 6) is -1.76. The van der Waals surface area contributed by atoms with Crippen LogP contribution in [0, 0.1) is 5.82 Å². The molecule has 3 aromatic rings. The summed E-state index contributed by atoms with van der Waals surface area (Å²) in [5, 5.41) is 6.45. The zero-order valence-corrected chi connectivity index (χ0v) is 15.4. The first-order valence-electron chi connectivity index (χ1n) is 8.19. The number of nitrogens with one attached hydrogen (secondary N) is 2. The molecule has 0 fully saturated rings. The second-order valence-electron chi connectivity index (χ2n) is 5.88. The molecule has 29 heavy (non-hydrogen) atoms. The van der Waals surface area contributed by atoms with E-state index in [1.54, 1.807) is 0 Å². The number of amides is 2. The summed E-state index contributed by atoms with van der Waals surface area (Å²) in [4.78, 5) is 28.2. The van der Waals surface area contributed by atoms with Gasteiger partial charge in [0.2, 0.25) is 0 Å². The van der Waals surface area contributed by atoms with Crippen molar-refractivity contribution in [3.63, 3.8) is 0 Å². The zero-order chi connectivity index (χ0) is 21.0. The molecule has 5 nitrogen and oxygen atoms in total. The van der Waals surface area contributed by atoms with Crippen molar-refractivity contribution in [2.75, 3.05) is 5.32 Å². The lowest BCUT2D eigenvalue weighted by atomic mass is 10.1. The Balaban J connectivity index is 1.60. The van der Waals surface area contributed by atoms with E-state index in [1.165, 1.54) is 35.7 Å². The average molecular weight is 423 g/mol. The molecule has 1 heterocycles. The number of nitrogens with zero attached hydrogens (tertiary/aromatic N) is 1. The molecule has 150 valence electrons. The fourth-order valence-electron chi connectivity index (χ4n) is 2.36. The van der Waals surface area contributed by atoms with Crippen molar-refractivity contribution in [1.29, 1.82) is 0 Å². The summed E-state index contributed by atoms with van der Waals surface area (Å²) in [6, 6.07) is 9.69. The highest BCUT2D eigenvalue weighted by atomic mass is 32.1. The van der Waals surface area contributed by atoms with E-state index in [0.717, 1.165) is 29.5 Å². The first-order valence-corrected chi connectivity index (χ1v) is 9.07. The van der Waals surface area contributed by atoms with E-state index in [-0.39, 0.29) is 28.5 Å². The van der Waals surface area contributed by atoms with E-state index in [0.29, 0.717) is 0 Å². The van der Waals surface area contributed by atoms with Gasteiger partial charge in [-0.3, -0.25) is 14.9 Å². The van der Waals surface area contributed by atoms with Gasteiger partial charge in [0.1, 0.15) is 11.5 Å². The number of rotatable bonds is 5. The molecule has 3 rings (SSSR count). The Morgan fingerprint density at radius 1 is 1.03 bits per heavy atom. The Hall–Kier alpha value is -3.27. The van der Waals surface area contributed by atoms with Gasteiger partial charge in [0.25, 0.3) is 11.8 Å². The smallest absolute Gasteiger partial charge is 0.347 e. The van der Waals surface area contributed by atoms with Crippen molar-refractivity contribution in [2.24, 2.45) is 0 Å². The van der Waals surface area contributed by atoms with E-state index in [4.69, 9.17) is 0 Å². The van der Waals surface area contributed by atoms with Gasteiger partial charge in [0.15, 0.2) is 5.13 Å². The summed E-state index contributed by atoms with van der Waals surface area (Å²) in [6.45, 7) is -0.120. The van der Waals surface area contributed by atoms with Gasteiger partial charge in [-0.15, -0.1) is 11.3 Å². The number of anilines is 1. The molecule has 0 atom stereocenters. The second-order valence-corrected chi connectivity index (χ2v) is 6.74. The minimum Gasteiger partial charge on any atom is -0.347 e. The van der Waals surface area contributed by atoms with Crippen molar-refractivity contribution >= 4 is 28.3 Å². The maximum absolute atomic E-state index is 13.2. The summed E-state index contributed by atoms with van der Waals surface area (Å²) in [6.07, 6.45) is -4.47. The van der Waals surface area contributed by atoms with E-state index in [1.807, 2.05) is 0 Å². The highest BCUT2D eigenvalue weighted by molar-refractivity contribution is 7.14. The number of hydrogen-bond acceptors (Lipinski definition) is 4. The number of aromatic nitrogens is 1. The molecule has 0 saturated carbocycles. The second kappa shape index (κ2) is 8.39. The van der Waals surface area contributed by atoms with Gasteiger partial charge in [-0.25, -0.2) is 9.37 Å². The fourth-order valence-corrected chi connectivity index (χ4v) is 3.05. The summed E-state index contributed by atoms with van der Waals surface area (Å²) < 4.78 is 51.4. The largest absolute Gasteiger partial charge is 0.416 e. The van der Waals surface area contributed by atoms with Crippen LogP contribution >= 0.6 is 11.3 Å². The molecule has 0 aliphatic heterocycles. The van der Waals surface area contributed by atoms with Crippen LogP contribution in [0.5, 0.6) is 0 Å². The number of halogens is 4. The van der Waals surface area contributed by atoms with Crippen LogP contribution in [0.2, 0.25) is 0 Å². The van der Waals surface area contributed by atoms with Crippen LogP contribution in [0.1, 0.15) is 32.0 Å². The van der Waals surface area contributed by atoms with Gasteiger partial charge < -0.3 is 5.32 Å². The van der Waals surface area contributed by atoms with E-state index in [2.05, 4.69) is 15.6 Å². The van der Waals surface area contributed by atoms with Gasteiger partial charge in [0.05, 0.1) is 5.56 Å². The number of carbonyl (C=O) groups excluding carboxylic acids is 2. The van der Waals surface area contributed by atoms with Crippen LogP contribution in [0.4, 0.5) is 22.7 Å². The van der Waals surface area contributed by atoms with Crippen molar-refractivity contribution in [3.05, 3.63) is 82.1 Å². The molecule has 2 N–H and O–H groups in total. The summed E-state index contributed by atoms with van der Waals surface area (Å²) in [7, 11) is 0. The molecule has 0 aliphatic carbocycles. The molecule has 0 radical (unpaired) electrons. The maximum Gasteiger partial charge on any atom is 0.416 e. The summed E-state index contributed by atoms with van der Waals surface area (Å²) in [5.41, 5.74) is -0.435. The zero-order valence-electron chi connectivity index (χ0n) is 14.6. The first kappa shape index (κ1) is 20.5. The van der Waals surface area contributed by atoms with E-state index >= 15 is 0 Å². The number of benzene rings is 2. The SMILES string of the molecule is O=C(Nc1nc(C(=O)NCc2cccc(C(F)(F)F)c2)cs1)c1cccc(F)c1. The van der Waals surface area contributed by atoms with Gasteiger partial charge in [-0.1, -0.05) is 18.2 Å². The monoisotopic (exact) mass is 423 g/mol. The maximum atomic E-state index is 13.2. The third-order valence-corrected chi connectivity index (χ3v) is 4.51. The molecule has 2 amide bonds. The predicted octanol–water partition coefficient (Wildman–Crippen LogP) is 4.48. The fraction of sp³-hybridized carbons (Fsp3) is 0.105. The predicted molar refractivity (Wildman–Crippen MR) is 99.1 cm³/mol. The lowest BCUT2D eigenvalue weighted by molar-refractivity contribution is -0.137. The normalized spacial score (nSPS) is 11.2. The average Bonchev–Trinajstić information content (AvgIpc) is 3.14. The summed E-state index contributed by atoms with van der Waals surface area (Å²) >= 11 is 0.986. The third-order valence-electron chi connectivity index (χ3n) is 3.75. The van der Waals surface area contributed by atoms with Gasteiger partial charge in [-0.05, 0) is 35.9 Å². The highest BCUT2D eigenvalue weighted by Gasteiger charge is 2.30. The molecule has 0 aliphatic rings. The van der Waals surface area contributed by atoms with Crippen molar-refractivity contribution in [2.45, 2.75) is 12.7 Å². The van der Waals surface area contributed by atoms with Crippen LogP contribution in [-0.4, -0.2) is 16.8 Å². The van der Waals surface area contributed by atoms with Crippen LogP contribution in [-0.2, 0) is 12.7 Å². The third kappa shape index (κ3) is 5.38. The number of thiazole rings is 1.